The van der Waals surface area contributed by atoms with Crippen LogP contribution < -0.4 is 14.2 Å². The van der Waals surface area contributed by atoms with Crippen LogP contribution in [-0.4, -0.2) is 73.1 Å². The molecule has 8 nitrogen and oxygen atoms in total. The van der Waals surface area contributed by atoms with Crippen LogP contribution in [0, 0.1) is 12.8 Å². The van der Waals surface area contributed by atoms with Gasteiger partial charge in [0.15, 0.2) is 11.5 Å². The van der Waals surface area contributed by atoms with Gasteiger partial charge in [-0.3, -0.25) is 9.59 Å². The summed E-state index contributed by atoms with van der Waals surface area (Å²) >= 11 is 0. The molecule has 1 amide bonds. The molecule has 1 aliphatic rings. The van der Waals surface area contributed by atoms with Crippen molar-refractivity contribution in [2.24, 2.45) is 5.92 Å². The minimum atomic E-state index is -0.776. The van der Waals surface area contributed by atoms with Crippen LogP contribution in [-0.2, 0) is 9.59 Å². The molecule has 0 radical (unpaired) electrons. The van der Waals surface area contributed by atoms with E-state index in [0.29, 0.717) is 60.6 Å². The molecule has 1 heterocycles. The number of carbonyl (C=O) groups excluding carboxylic acids is 2. The number of hydrogen-bond donors (Lipinski definition) is 1. The standard InChI is InChI=1S/C31H42N2O6/c1-8-32(9-2)15-16-33-28(22-11-14-25(38-10-3)26(18-22)37-7)27(30(35)31(33)36)29(34)23-12-13-24(21(6)17-23)39-19-20(4)5/h11-14,17-18,20,28,34H,8-10,15-16,19H2,1-7H3/t28-/m1/s1. The fraction of sp³-hybridized carbons (Fsp3) is 0.484. The van der Waals surface area contributed by atoms with E-state index in [4.69, 9.17) is 14.2 Å². The molecule has 212 valence electrons. The highest BCUT2D eigenvalue weighted by molar-refractivity contribution is 6.46. The lowest BCUT2D eigenvalue weighted by atomic mass is 9.94. The monoisotopic (exact) mass is 538 g/mol. The van der Waals surface area contributed by atoms with Gasteiger partial charge in [-0.15, -0.1) is 0 Å². The Morgan fingerprint density at radius 2 is 1.69 bits per heavy atom. The molecule has 39 heavy (non-hydrogen) atoms. The number of aliphatic hydroxyl groups is 1. The van der Waals surface area contributed by atoms with Gasteiger partial charge in [0.25, 0.3) is 11.7 Å². The Morgan fingerprint density at radius 3 is 2.28 bits per heavy atom. The maximum absolute atomic E-state index is 13.4. The number of hydrogen-bond acceptors (Lipinski definition) is 7. The highest BCUT2D eigenvalue weighted by Crippen LogP contribution is 2.42. The molecule has 1 fully saturated rings. The van der Waals surface area contributed by atoms with Crippen molar-refractivity contribution in [3.05, 3.63) is 58.7 Å². The summed E-state index contributed by atoms with van der Waals surface area (Å²) in [7, 11) is 1.55. The number of benzene rings is 2. The van der Waals surface area contributed by atoms with Gasteiger partial charge in [-0.2, -0.15) is 0 Å². The molecule has 2 aromatic rings. The quantitative estimate of drug-likeness (QED) is 0.213. The lowest BCUT2D eigenvalue weighted by Crippen LogP contribution is -2.38. The van der Waals surface area contributed by atoms with Gasteiger partial charge in [-0.25, -0.2) is 0 Å². The first-order chi connectivity index (χ1) is 18.7. The molecule has 0 unspecified atom stereocenters. The highest BCUT2D eigenvalue weighted by Gasteiger charge is 2.46. The molecule has 1 saturated heterocycles. The van der Waals surface area contributed by atoms with Crippen LogP contribution in [0.5, 0.6) is 17.2 Å². The van der Waals surface area contributed by atoms with Crippen LogP contribution in [0.25, 0.3) is 5.76 Å². The smallest absolute Gasteiger partial charge is 0.295 e. The number of Topliss-reactive ketones (excluding diaryl/α,β-unsaturated/α-hetero) is 1. The van der Waals surface area contributed by atoms with E-state index >= 15 is 0 Å². The molecule has 0 bridgehead atoms. The number of likely N-dealkylation sites (N-methyl/N-ethyl adjacent to an activating group) is 1. The van der Waals surface area contributed by atoms with Crippen LogP contribution >= 0.6 is 0 Å². The number of aryl methyl sites for hydroxylation is 1. The number of rotatable bonds is 13. The van der Waals surface area contributed by atoms with Crippen LogP contribution in [0.1, 0.15) is 57.4 Å². The molecule has 0 aromatic heterocycles. The van der Waals surface area contributed by atoms with Gasteiger partial charge >= 0.3 is 0 Å². The van der Waals surface area contributed by atoms with Crippen LogP contribution in [0.3, 0.4) is 0 Å². The topological polar surface area (TPSA) is 88.5 Å². The summed E-state index contributed by atoms with van der Waals surface area (Å²) in [4.78, 5) is 30.5. The number of carbonyl (C=O) groups is 2. The Kier molecular flexibility index (Phi) is 10.4. The average molecular weight is 539 g/mol. The second-order valence-electron chi connectivity index (χ2n) is 10.0. The van der Waals surface area contributed by atoms with E-state index in [0.717, 1.165) is 18.7 Å². The highest BCUT2D eigenvalue weighted by atomic mass is 16.5. The summed E-state index contributed by atoms with van der Waals surface area (Å²) < 4.78 is 17.1. The van der Waals surface area contributed by atoms with E-state index in [1.807, 2.05) is 19.9 Å². The van der Waals surface area contributed by atoms with Gasteiger partial charge in [0.05, 0.1) is 31.9 Å². The van der Waals surface area contributed by atoms with Crippen molar-refractivity contribution in [1.29, 1.82) is 0 Å². The Balaban J connectivity index is 2.12. The summed E-state index contributed by atoms with van der Waals surface area (Å²) in [5.41, 5.74) is 1.99. The number of methoxy groups -OCH3 is 1. The maximum Gasteiger partial charge on any atom is 0.295 e. The molecule has 2 aromatic carbocycles. The molecule has 1 atom stereocenters. The summed E-state index contributed by atoms with van der Waals surface area (Å²) in [6, 6.07) is 9.87. The molecule has 3 rings (SSSR count). The fourth-order valence-electron chi connectivity index (χ4n) is 4.75. The molecule has 0 spiro atoms. The van der Waals surface area contributed by atoms with Gasteiger partial charge in [0, 0.05) is 18.7 Å². The van der Waals surface area contributed by atoms with Crippen molar-refractivity contribution >= 4 is 17.4 Å². The van der Waals surface area contributed by atoms with Gasteiger partial charge in [-0.05, 0) is 74.3 Å². The van der Waals surface area contributed by atoms with Crippen molar-refractivity contribution in [2.75, 3.05) is 46.5 Å². The van der Waals surface area contributed by atoms with Crippen LogP contribution in [0.2, 0.25) is 0 Å². The van der Waals surface area contributed by atoms with Gasteiger partial charge in [0.2, 0.25) is 0 Å². The maximum atomic E-state index is 13.4. The first-order valence-electron chi connectivity index (χ1n) is 13.7. The minimum absolute atomic E-state index is 0.0565. The third kappa shape index (κ3) is 6.74. The van der Waals surface area contributed by atoms with Crippen molar-refractivity contribution in [3.63, 3.8) is 0 Å². The predicted molar refractivity (Wildman–Crippen MR) is 152 cm³/mol. The third-order valence-electron chi connectivity index (χ3n) is 6.92. The van der Waals surface area contributed by atoms with Gasteiger partial charge < -0.3 is 29.1 Å². The molecular weight excluding hydrogens is 496 g/mol. The van der Waals surface area contributed by atoms with Crippen molar-refractivity contribution in [2.45, 2.75) is 47.6 Å². The first-order valence-corrected chi connectivity index (χ1v) is 13.7. The van der Waals surface area contributed by atoms with E-state index in [2.05, 4.69) is 32.6 Å². The number of likely N-dealkylation sites (tertiary alicyclic amines) is 1. The van der Waals surface area contributed by atoms with E-state index < -0.39 is 17.7 Å². The molecule has 1 aliphatic heterocycles. The SMILES string of the molecule is CCOc1ccc([C@@H]2C(=C(O)c3ccc(OCC(C)C)c(C)c3)C(=O)C(=O)N2CCN(CC)CC)cc1OC. The van der Waals surface area contributed by atoms with Crippen LogP contribution in [0.4, 0.5) is 0 Å². The van der Waals surface area contributed by atoms with E-state index in [-0.39, 0.29) is 11.3 Å². The summed E-state index contributed by atoms with van der Waals surface area (Å²) in [5, 5.41) is 11.5. The van der Waals surface area contributed by atoms with Crippen molar-refractivity contribution in [1.82, 2.24) is 9.80 Å². The molecule has 8 heteroatoms. The number of aliphatic hydroxyl groups excluding tert-OH is 1. The molecule has 1 N–H and O–H groups in total. The molecular formula is C31H42N2O6. The number of amides is 1. The zero-order valence-corrected chi connectivity index (χ0v) is 24.2. The number of ketones is 1. The largest absolute Gasteiger partial charge is 0.507 e. The zero-order valence-electron chi connectivity index (χ0n) is 24.2. The summed E-state index contributed by atoms with van der Waals surface area (Å²) in [5.74, 6) is 0.596. The van der Waals surface area contributed by atoms with Crippen molar-refractivity contribution < 1.29 is 28.9 Å². The lowest BCUT2D eigenvalue weighted by molar-refractivity contribution is -0.140. The van der Waals surface area contributed by atoms with Gasteiger partial charge in [0.1, 0.15) is 11.5 Å². The van der Waals surface area contributed by atoms with E-state index in [1.165, 1.54) is 0 Å². The molecule has 0 saturated carbocycles. The first kappa shape index (κ1) is 30.0. The predicted octanol–water partition coefficient (Wildman–Crippen LogP) is 5.20. The third-order valence-corrected chi connectivity index (χ3v) is 6.92. The Bertz CT molecular complexity index is 1200. The van der Waals surface area contributed by atoms with Crippen LogP contribution in [0.15, 0.2) is 42.0 Å². The Hall–Kier alpha value is -3.52. The summed E-state index contributed by atoms with van der Waals surface area (Å²) in [6.07, 6.45) is 0. The van der Waals surface area contributed by atoms with Crippen molar-refractivity contribution in [3.8, 4) is 17.2 Å². The Morgan fingerprint density at radius 1 is 1.00 bits per heavy atom. The minimum Gasteiger partial charge on any atom is -0.507 e. The van der Waals surface area contributed by atoms with E-state index in [1.54, 1.807) is 42.3 Å². The lowest BCUT2D eigenvalue weighted by Gasteiger charge is -2.28. The Labute approximate surface area is 232 Å². The van der Waals surface area contributed by atoms with Gasteiger partial charge in [-0.1, -0.05) is 33.8 Å². The second kappa shape index (κ2) is 13.5. The normalized spacial score (nSPS) is 16.8. The number of ether oxygens (including phenoxy) is 3. The zero-order chi connectivity index (χ0) is 28.7. The fourth-order valence-corrected chi connectivity index (χ4v) is 4.75. The molecule has 0 aliphatic carbocycles. The average Bonchev–Trinajstić information content (AvgIpc) is 3.17. The summed E-state index contributed by atoms with van der Waals surface area (Å²) in [6.45, 7) is 15.7. The van der Waals surface area contributed by atoms with E-state index in [9.17, 15) is 14.7 Å². The second-order valence-corrected chi connectivity index (χ2v) is 10.0. The number of nitrogens with zero attached hydrogens (tertiary/aromatic N) is 2.